The molecule has 0 radical (unpaired) electrons. The highest BCUT2D eigenvalue weighted by atomic mass is 127. The number of hydrogen-bond acceptors (Lipinski definition) is 6. The van der Waals surface area contributed by atoms with E-state index in [-0.39, 0.29) is 28.9 Å². The molecule has 0 saturated carbocycles. The minimum Gasteiger partial charge on any atom is -0.423 e. The zero-order valence-corrected chi connectivity index (χ0v) is 24.4. The van der Waals surface area contributed by atoms with E-state index in [1.54, 1.807) is 82.4 Å². The second kappa shape index (κ2) is 11.3. The lowest BCUT2D eigenvalue weighted by atomic mass is 10.0. The molecule has 3 aromatic rings. The van der Waals surface area contributed by atoms with Crippen molar-refractivity contribution in [3.8, 4) is 23.3 Å². The minimum absolute atomic E-state index is 0.0239. The third-order valence-electron chi connectivity index (χ3n) is 4.19. The van der Waals surface area contributed by atoms with Gasteiger partial charge in [-0.1, -0.05) is 5.92 Å². The average Bonchev–Trinajstić information content (AvgIpc) is 2.74. The smallest absolute Gasteiger partial charge is 0.344 e. The molecule has 1 N–H and O–H groups in total. The summed E-state index contributed by atoms with van der Waals surface area (Å²) < 4.78 is 44.7. The number of esters is 2. The van der Waals surface area contributed by atoms with Crippen LogP contribution in [-0.4, -0.2) is 24.9 Å². The van der Waals surface area contributed by atoms with Crippen LogP contribution in [0.15, 0.2) is 59.5 Å². The van der Waals surface area contributed by atoms with Gasteiger partial charge in [-0.15, -0.1) is 5.92 Å². The van der Waals surface area contributed by atoms with Crippen LogP contribution in [0.4, 0.5) is 0 Å². The fourth-order valence-electron chi connectivity index (χ4n) is 2.78. The fraction of sp³-hybridized carbons (Fsp3) is 0.0435. The van der Waals surface area contributed by atoms with E-state index in [0.717, 1.165) is 3.57 Å². The Kier molecular flexibility index (Phi) is 8.95. The van der Waals surface area contributed by atoms with Gasteiger partial charge in [0.25, 0.3) is 10.1 Å². The normalized spacial score (nSPS) is 10.7. The maximum Gasteiger partial charge on any atom is 0.344 e. The largest absolute Gasteiger partial charge is 0.423 e. The number of carbonyl (C=O) groups is 2. The number of ether oxygens (including phenoxy) is 2. The molecule has 34 heavy (non-hydrogen) atoms. The SMILES string of the molecule is CC#Cc1ccc(C(=O)Oc2ccc(I)cc2)c(C(=O)Oc2cc(I)c(S(=O)(=O)O)c(I)c2)c1. The molecule has 7 nitrogen and oxygen atoms in total. The van der Waals surface area contributed by atoms with E-state index in [0.29, 0.717) is 11.3 Å². The van der Waals surface area contributed by atoms with Gasteiger partial charge in [-0.2, -0.15) is 8.42 Å². The van der Waals surface area contributed by atoms with Crippen molar-refractivity contribution in [2.75, 3.05) is 0 Å². The van der Waals surface area contributed by atoms with Crippen LogP contribution in [0, 0.1) is 22.6 Å². The Bertz CT molecular complexity index is 1430. The first-order valence-corrected chi connectivity index (χ1v) is 13.9. The number of halogens is 3. The molecule has 0 spiro atoms. The van der Waals surface area contributed by atoms with Crippen LogP contribution in [0.5, 0.6) is 11.5 Å². The van der Waals surface area contributed by atoms with Crippen molar-refractivity contribution < 1.29 is 32.0 Å². The van der Waals surface area contributed by atoms with Crippen molar-refractivity contribution in [3.63, 3.8) is 0 Å². The summed E-state index contributed by atoms with van der Waals surface area (Å²) in [4.78, 5) is 25.6. The molecule has 0 saturated heterocycles. The van der Waals surface area contributed by atoms with Gasteiger partial charge in [-0.05, 0) is 129 Å². The van der Waals surface area contributed by atoms with Crippen LogP contribution in [0.25, 0.3) is 0 Å². The highest BCUT2D eigenvalue weighted by Crippen LogP contribution is 2.30. The highest BCUT2D eigenvalue weighted by molar-refractivity contribution is 14.1. The molecule has 0 aliphatic heterocycles. The first-order valence-electron chi connectivity index (χ1n) is 9.23. The Balaban J connectivity index is 1.97. The Labute approximate surface area is 236 Å². The van der Waals surface area contributed by atoms with Crippen LogP contribution >= 0.6 is 67.8 Å². The monoisotopic (exact) mass is 814 g/mol. The van der Waals surface area contributed by atoms with Gasteiger partial charge in [-0.3, -0.25) is 4.55 Å². The summed E-state index contributed by atoms with van der Waals surface area (Å²) in [5, 5.41) is 0. The van der Waals surface area contributed by atoms with E-state index >= 15 is 0 Å². The molecule has 0 fully saturated rings. The molecule has 0 heterocycles. The Hall–Kier alpha value is -1.74. The predicted octanol–water partition coefficient (Wildman–Crippen LogP) is 5.56. The second-order valence-electron chi connectivity index (χ2n) is 6.56. The standard InChI is InChI=1S/C23H13I3O7S/c1-2-3-13-4-9-17(22(27)32-15-7-5-14(24)6-8-15)18(10-13)23(28)33-16-11-19(25)21(20(26)12-16)34(29,30)31/h4-12H,1H3,(H,29,30,31). The summed E-state index contributed by atoms with van der Waals surface area (Å²) in [5.74, 6) is 4.28. The van der Waals surface area contributed by atoms with Crippen LogP contribution in [0.2, 0.25) is 0 Å². The predicted molar refractivity (Wildman–Crippen MR) is 150 cm³/mol. The summed E-state index contributed by atoms with van der Waals surface area (Å²) in [7, 11) is -4.46. The molecule has 3 aromatic carbocycles. The maximum absolute atomic E-state index is 13.0. The van der Waals surface area contributed by atoms with Crippen molar-refractivity contribution >= 4 is 89.8 Å². The highest BCUT2D eigenvalue weighted by Gasteiger charge is 2.24. The number of carbonyl (C=O) groups excluding carboxylic acids is 2. The lowest BCUT2D eigenvalue weighted by Crippen LogP contribution is -2.18. The van der Waals surface area contributed by atoms with Gasteiger partial charge < -0.3 is 9.47 Å². The van der Waals surface area contributed by atoms with Gasteiger partial charge in [0.2, 0.25) is 0 Å². The Morgan fingerprint density at radius 3 is 1.94 bits per heavy atom. The summed E-state index contributed by atoms with van der Waals surface area (Å²) in [6, 6.07) is 13.8. The maximum atomic E-state index is 13.0. The van der Waals surface area contributed by atoms with E-state index in [9.17, 15) is 22.6 Å². The van der Waals surface area contributed by atoms with Crippen molar-refractivity contribution in [2.45, 2.75) is 11.8 Å². The molecule has 174 valence electrons. The van der Waals surface area contributed by atoms with E-state index < -0.39 is 22.1 Å². The molecule has 0 aromatic heterocycles. The zero-order valence-electron chi connectivity index (χ0n) is 17.1. The van der Waals surface area contributed by atoms with E-state index in [1.807, 2.05) is 0 Å². The Morgan fingerprint density at radius 1 is 0.824 bits per heavy atom. The van der Waals surface area contributed by atoms with Crippen LogP contribution in [0.1, 0.15) is 33.2 Å². The lowest BCUT2D eigenvalue weighted by molar-refractivity contribution is 0.0692. The fourth-order valence-corrected chi connectivity index (χ4v) is 7.13. The van der Waals surface area contributed by atoms with E-state index in [1.165, 1.54) is 24.3 Å². The molecule has 0 aliphatic carbocycles. The van der Waals surface area contributed by atoms with Gasteiger partial charge in [-0.25, -0.2) is 9.59 Å². The third-order valence-corrected chi connectivity index (χ3v) is 8.30. The molecule has 0 bridgehead atoms. The van der Waals surface area contributed by atoms with Crippen molar-refractivity contribution in [2.24, 2.45) is 0 Å². The summed E-state index contributed by atoms with van der Waals surface area (Å²) in [5.41, 5.74) is 0.398. The summed E-state index contributed by atoms with van der Waals surface area (Å²) in [6.45, 7) is 1.64. The van der Waals surface area contributed by atoms with Gasteiger partial charge in [0.05, 0.1) is 11.1 Å². The van der Waals surface area contributed by atoms with Crippen molar-refractivity contribution in [1.82, 2.24) is 0 Å². The van der Waals surface area contributed by atoms with Crippen LogP contribution in [-0.2, 0) is 10.1 Å². The quantitative estimate of drug-likeness (QED) is 0.118. The molecule has 0 aliphatic rings. The molecule has 11 heteroatoms. The number of benzene rings is 3. The number of hydrogen-bond donors (Lipinski definition) is 1. The van der Waals surface area contributed by atoms with Gasteiger partial charge in [0, 0.05) is 16.3 Å². The second-order valence-corrected chi connectivity index (χ2v) is 11.5. The Morgan fingerprint density at radius 2 is 1.38 bits per heavy atom. The third kappa shape index (κ3) is 6.68. The molecule has 3 rings (SSSR count). The molecule has 0 atom stereocenters. The molecule has 0 unspecified atom stereocenters. The van der Waals surface area contributed by atoms with E-state index in [4.69, 9.17) is 9.47 Å². The van der Waals surface area contributed by atoms with Crippen LogP contribution < -0.4 is 9.47 Å². The van der Waals surface area contributed by atoms with Gasteiger partial charge in [0.1, 0.15) is 16.4 Å². The van der Waals surface area contributed by atoms with Crippen molar-refractivity contribution in [3.05, 3.63) is 82.0 Å². The first kappa shape index (κ1) is 26.9. The molecule has 0 amide bonds. The molecular weight excluding hydrogens is 801 g/mol. The van der Waals surface area contributed by atoms with Gasteiger partial charge in [0.15, 0.2) is 0 Å². The minimum atomic E-state index is -4.46. The summed E-state index contributed by atoms with van der Waals surface area (Å²) in [6.07, 6.45) is 0. The van der Waals surface area contributed by atoms with Gasteiger partial charge >= 0.3 is 11.9 Å². The van der Waals surface area contributed by atoms with E-state index in [2.05, 4.69) is 34.4 Å². The van der Waals surface area contributed by atoms with Crippen LogP contribution in [0.3, 0.4) is 0 Å². The first-order chi connectivity index (χ1) is 16.0. The lowest BCUT2D eigenvalue weighted by Gasteiger charge is -2.12. The molecular formula is C23H13I3O7S. The van der Waals surface area contributed by atoms with Crippen molar-refractivity contribution in [1.29, 1.82) is 0 Å². The summed E-state index contributed by atoms with van der Waals surface area (Å²) >= 11 is 5.56. The zero-order chi connectivity index (χ0) is 25.0. The topological polar surface area (TPSA) is 107 Å². The average molecular weight is 814 g/mol. The number of rotatable bonds is 5.